The van der Waals surface area contributed by atoms with Crippen molar-refractivity contribution in [1.29, 1.82) is 0 Å². The van der Waals surface area contributed by atoms with E-state index in [0.29, 0.717) is 16.6 Å². The average Bonchev–Trinajstić information content (AvgIpc) is 2.53. The van der Waals surface area contributed by atoms with Crippen molar-refractivity contribution in [3.63, 3.8) is 0 Å². The predicted octanol–water partition coefficient (Wildman–Crippen LogP) is 3.87. The Morgan fingerprint density at radius 3 is 2.70 bits per heavy atom. The van der Waals surface area contributed by atoms with Crippen LogP contribution in [0.4, 0.5) is 0 Å². The van der Waals surface area contributed by atoms with Crippen LogP contribution in [0, 0.1) is 6.92 Å². The third-order valence-electron chi connectivity index (χ3n) is 3.39. The molecule has 0 radical (unpaired) electrons. The minimum Gasteiger partial charge on any atom is -0.491 e. The van der Waals surface area contributed by atoms with Gasteiger partial charge in [0, 0.05) is 6.54 Å². The van der Waals surface area contributed by atoms with Gasteiger partial charge in [0.15, 0.2) is 0 Å². The van der Waals surface area contributed by atoms with Gasteiger partial charge in [-0.3, -0.25) is 0 Å². The summed E-state index contributed by atoms with van der Waals surface area (Å²) in [6.07, 6.45) is 0.270. The number of hydrogen-bond donors (Lipinski definition) is 2. The lowest BCUT2D eigenvalue weighted by Crippen LogP contribution is -2.32. The Hall–Kier alpha value is -1.26. The van der Waals surface area contributed by atoms with E-state index in [9.17, 15) is 5.11 Å². The molecule has 1 unspecified atom stereocenters. The molecule has 5 heteroatoms. The number of ether oxygens (including phenoxy) is 1. The van der Waals surface area contributed by atoms with E-state index in [-0.39, 0.29) is 6.61 Å². The van der Waals surface area contributed by atoms with Gasteiger partial charge in [0.05, 0.1) is 10.0 Å². The quantitative estimate of drug-likeness (QED) is 0.707. The van der Waals surface area contributed by atoms with Crippen molar-refractivity contribution in [1.82, 2.24) is 5.32 Å². The van der Waals surface area contributed by atoms with Crippen LogP contribution >= 0.6 is 23.2 Å². The van der Waals surface area contributed by atoms with E-state index in [4.69, 9.17) is 27.9 Å². The summed E-state index contributed by atoms with van der Waals surface area (Å²) in [7, 11) is 0. The van der Waals surface area contributed by atoms with Gasteiger partial charge >= 0.3 is 0 Å². The van der Waals surface area contributed by atoms with Crippen molar-refractivity contribution >= 4 is 23.2 Å². The first-order valence-corrected chi connectivity index (χ1v) is 8.32. The van der Waals surface area contributed by atoms with Crippen LogP contribution in [0.1, 0.15) is 11.1 Å². The highest BCUT2D eigenvalue weighted by atomic mass is 35.5. The van der Waals surface area contributed by atoms with Crippen LogP contribution in [0.3, 0.4) is 0 Å². The fourth-order valence-corrected chi connectivity index (χ4v) is 2.47. The molecule has 0 aliphatic rings. The molecule has 0 aromatic heterocycles. The van der Waals surface area contributed by atoms with Crippen molar-refractivity contribution in [2.24, 2.45) is 0 Å². The summed E-state index contributed by atoms with van der Waals surface area (Å²) in [5.74, 6) is 0.778. The standard InChI is InChI=1S/C18H21Cl2NO2/c1-13-3-2-4-16(9-13)23-12-15(22)11-21-8-7-14-5-6-17(19)18(20)10-14/h2-6,9-10,15,21-22H,7-8,11-12H2,1H3. The van der Waals surface area contributed by atoms with E-state index in [1.807, 2.05) is 43.3 Å². The first kappa shape index (κ1) is 18.1. The van der Waals surface area contributed by atoms with Gasteiger partial charge in [-0.15, -0.1) is 0 Å². The third-order valence-corrected chi connectivity index (χ3v) is 4.13. The van der Waals surface area contributed by atoms with Crippen LogP contribution in [0.2, 0.25) is 10.0 Å². The Balaban J connectivity index is 1.64. The molecule has 0 aliphatic carbocycles. The molecule has 0 bridgehead atoms. The Bertz CT molecular complexity index is 634. The summed E-state index contributed by atoms with van der Waals surface area (Å²) < 4.78 is 5.57. The Morgan fingerprint density at radius 2 is 1.96 bits per heavy atom. The normalized spacial score (nSPS) is 12.2. The molecule has 2 aromatic carbocycles. The van der Waals surface area contributed by atoms with Gasteiger partial charge in [-0.25, -0.2) is 0 Å². The molecular formula is C18H21Cl2NO2. The van der Waals surface area contributed by atoms with Gasteiger partial charge in [-0.05, 0) is 55.3 Å². The number of rotatable bonds is 8. The molecule has 124 valence electrons. The topological polar surface area (TPSA) is 41.5 Å². The molecule has 3 nitrogen and oxygen atoms in total. The molecule has 0 saturated heterocycles. The van der Waals surface area contributed by atoms with Crippen LogP contribution < -0.4 is 10.1 Å². The molecule has 0 heterocycles. The van der Waals surface area contributed by atoms with Crippen molar-refractivity contribution in [3.8, 4) is 5.75 Å². The van der Waals surface area contributed by atoms with Crippen molar-refractivity contribution in [2.45, 2.75) is 19.4 Å². The highest BCUT2D eigenvalue weighted by Crippen LogP contribution is 2.22. The minimum absolute atomic E-state index is 0.267. The van der Waals surface area contributed by atoms with Crippen LogP contribution in [0.15, 0.2) is 42.5 Å². The molecule has 2 N–H and O–H groups in total. The number of benzene rings is 2. The molecule has 0 aliphatic heterocycles. The first-order valence-electron chi connectivity index (χ1n) is 7.57. The second kappa shape index (κ2) is 9.14. The van der Waals surface area contributed by atoms with E-state index in [2.05, 4.69) is 5.32 Å². The molecule has 2 aromatic rings. The monoisotopic (exact) mass is 353 g/mol. The highest BCUT2D eigenvalue weighted by molar-refractivity contribution is 6.42. The van der Waals surface area contributed by atoms with Crippen molar-refractivity contribution < 1.29 is 9.84 Å². The number of aliphatic hydroxyl groups excluding tert-OH is 1. The van der Waals surface area contributed by atoms with E-state index in [1.165, 1.54) is 0 Å². The van der Waals surface area contributed by atoms with Crippen LogP contribution in [0.5, 0.6) is 5.75 Å². The zero-order valence-electron chi connectivity index (χ0n) is 13.1. The van der Waals surface area contributed by atoms with E-state index in [0.717, 1.165) is 29.8 Å². The molecule has 0 amide bonds. The predicted molar refractivity (Wildman–Crippen MR) is 95.7 cm³/mol. The Kier molecular flexibility index (Phi) is 7.18. The van der Waals surface area contributed by atoms with Crippen LogP contribution in [0.25, 0.3) is 0 Å². The third kappa shape index (κ3) is 6.40. The van der Waals surface area contributed by atoms with Gasteiger partial charge in [0.25, 0.3) is 0 Å². The number of aliphatic hydroxyl groups is 1. The molecule has 0 spiro atoms. The van der Waals surface area contributed by atoms with Gasteiger partial charge in [-0.2, -0.15) is 0 Å². The summed E-state index contributed by atoms with van der Waals surface area (Å²) in [6, 6.07) is 13.4. The number of aryl methyl sites for hydroxylation is 1. The highest BCUT2D eigenvalue weighted by Gasteiger charge is 2.05. The lowest BCUT2D eigenvalue weighted by atomic mass is 10.1. The maximum Gasteiger partial charge on any atom is 0.119 e. The zero-order chi connectivity index (χ0) is 16.7. The summed E-state index contributed by atoms with van der Waals surface area (Å²) in [4.78, 5) is 0. The fourth-order valence-electron chi connectivity index (χ4n) is 2.15. The van der Waals surface area contributed by atoms with Gasteiger partial charge in [-0.1, -0.05) is 41.4 Å². The molecule has 1 atom stereocenters. The Morgan fingerprint density at radius 1 is 1.13 bits per heavy atom. The maximum atomic E-state index is 9.93. The summed E-state index contributed by atoms with van der Waals surface area (Å²) in [5, 5.41) is 14.3. The van der Waals surface area contributed by atoms with Gasteiger partial charge in [0.2, 0.25) is 0 Å². The lowest BCUT2D eigenvalue weighted by Gasteiger charge is -2.13. The average molecular weight is 354 g/mol. The zero-order valence-corrected chi connectivity index (χ0v) is 14.6. The van der Waals surface area contributed by atoms with Gasteiger partial charge < -0.3 is 15.2 Å². The second-order valence-corrected chi connectivity index (χ2v) is 6.30. The largest absolute Gasteiger partial charge is 0.491 e. The lowest BCUT2D eigenvalue weighted by molar-refractivity contribution is 0.106. The Labute approximate surface area is 147 Å². The molecule has 0 fully saturated rings. The number of hydrogen-bond acceptors (Lipinski definition) is 3. The van der Waals surface area contributed by atoms with Crippen LogP contribution in [-0.4, -0.2) is 30.9 Å². The van der Waals surface area contributed by atoms with Crippen molar-refractivity contribution in [2.75, 3.05) is 19.7 Å². The number of nitrogens with one attached hydrogen (secondary N) is 1. The van der Waals surface area contributed by atoms with E-state index >= 15 is 0 Å². The van der Waals surface area contributed by atoms with E-state index in [1.54, 1.807) is 6.07 Å². The first-order chi connectivity index (χ1) is 11.0. The SMILES string of the molecule is Cc1cccc(OCC(O)CNCCc2ccc(Cl)c(Cl)c2)c1. The molecule has 23 heavy (non-hydrogen) atoms. The smallest absolute Gasteiger partial charge is 0.119 e. The van der Waals surface area contributed by atoms with Gasteiger partial charge in [0.1, 0.15) is 18.5 Å². The molecule has 2 rings (SSSR count). The fraction of sp³-hybridized carbons (Fsp3) is 0.333. The molecule has 0 saturated carbocycles. The summed E-state index contributed by atoms with van der Waals surface area (Å²) >= 11 is 11.9. The van der Waals surface area contributed by atoms with Crippen molar-refractivity contribution in [3.05, 3.63) is 63.6 Å². The summed E-state index contributed by atoms with van der Waals surface area (Å²) in [6.45, 7) is 3.50. The number of halogens is 2. The van der Waals surface area contributed by atoms with Crippen LogP contribution in [-0.2, 0) is 6.42 Å². The van der Waals surface area contributed by atoms with E-state index < -0.39 is 6.10 Å². The summed E-state index contributed by atoms with van der Waals surface area (Å²) in [5.41, 5.74) is 2.24. The minimum atomic E-state index is -0.552. The molecular weight excluding hydrogens is 333 g/mol. The maximum absolute atomic E-state index is 9.93. The second-order valence-electron chi connectivity index (χ2n) is 5.48.